The molecule has 1 aromatic heterocycles. The van der Waals surface area contributed by atoms with Gasteiger partial charge in [0.25, 0.3) is 0 Å². The summed E-state index contributed by atoms with van der Waals surface area (Å²) in [6, 6.07) is 7.94. The Balaban J connectivity index is 1.70. The Morgan fingerprint density at radius 3 is 3.09 bits per heavy atom. The molecule has 0 bridgehead atoms. The van der Waals surface area contributed by atoms with Crippen LogP contribution in [0, 0.1) is 0 Å². The monoisotopic (exact) mass is 316 g/mol. The van der Waals surface area contributed by atoms with Crippen LogP contribution in [0.4, 0.5) is 0 Å². The minimum absolute atomic E-state index is 0.0502. The van der Waals surface area contributed by atoms with Gasteiger partial charge in [0.2, 0.25) is 5.91 Å². The number of piperidine rings is 1. The molecule has 1 fully saturated rings. The van der Waals surface area contributed by atoms with Gasteiger partial charge in [0.1, 0.15) is 5.01 Å². The van der Waals surface area contributed by atoms with Gasteiger partial charge in [-0.05, 0) is 37.5 Å². The predicted octanol–water partition coefficient (Wildman–Crippen LogP) is 3.07. The number of carbonyl (C=O) groups is 1. The molecule has 3 rings (SSSR count). The Labute approximate surface area is 134 Å². The van der Waals surface area contributed by atoms with Crippen LogP contribution in [0.5, 0.6) is 0 Å². The van der Waals surface area contributed by atoms with Crippen LogP contribution >= 0.6 is 11.3 Å². The van der Waals surface area contributed by atoms with Gasteiger partial charge in [0.05, 0.1) is 15.8 Å². The number of aliphatic hydroxyl groups is 1. The smallest absolute Gasteiger partial charge is 0.246 e. The number of nitrogens with zero attached hydrogens (tertiary/aromatic N) is 2. The van der Waals surface area contributed by atoms with Crippen molar-refractivity contribution in [1.29, 1.82) is 0 Å². The summed E-state index contributed by atoms with van der Waals surface area (Å²) in [6.07, 6.45) is 5.64. The van der Waals surface area contributed by atoms with Crippen LogP contribution in [-0.2, 0) is 4.79 Å². The van der Waals surface area contributed by atoms with E-state index in [9.17, 15) is 9.90 Å². The molecule has 5 heteroatoms. The van der Waals surface area contributed by atoms with E-state index in [1.807, 2.05) is 31.2 Å². The number of amides is 1. The fourth-order valence-corrected chi connectivity index (χ4v) is 3.67. The van der Waals surface area contributed by atoms with Crippen molar-refractivity contribution < 1.29 is 9.90 Å². The lowest BCUT2D eigenvalue weighted by Gasteiger charge is -2.38. The van der Waals surface area contributed by atoms with E-state index >= 15 is 0 Å². The van der Waals surface area contributed by atoms with Crippen molar-refractivity contribution >= 4 is 33.5 Å². The predicted molar refractivity (Wildman–Crippen MR) is 89.7 cm³/mol. The summed E-state index contributed by atoms with van der Waals surface area (Å²) in [6.45, 7) is 3.10. The Morgan fingerprint density at radius 2 is 2.32 bits per heavy atom. The lowest BCUT2D eigenvalue weighted by Crippen LogP contribution is -2.49. The van der Waals surface area contributed by atoms with Gasteiger partial charge in [-0.2, -0.15) is 0 Å². The quantitative estimate of drug-likeness (QED) is 0.885. The van der Waals surface area contributed by atoms with Gasteiger partial charge in [-0.15, -0.1) is 11.3 Å². The van der Waals surface area contributed by atoms with Crippen LogP contribution in [0.25, 0.3) is 16.3 Å². The Kier molecular flexibility index (Phi) is 4.27. The van der Waals surface area contributed by atoms with Crippen LogP contribution in [0.1, 0.15) is 31.2 Å². The first-order valence-electron chi connectivity index (χ1n) is 7.65. The van der Waals surface area contributed by atoms with E-state index in [2.05, 4.69) is 4.98 Å². The average molecular weight is 316 g/mol. The molecule has 0 radical (unpaired) electrons. The number of fused-ring (bicyclic) bond motifs is 1. The number of hydrogen-bond acceptors (Lipinski definition) is 4. The second-order valence-electron chi connectivity index (χ2n) is 5.79. The van der Waals surface area contributed by atoms with E-state index < -0.39 is 5.60 Å². The standard InChI is InChI=1S/C17H20N2O2S/c1-2-17(21)10-5-11-19(12-17)16(20)9-8-15-18-13-6-3-4-7-14(13)22-15/h3-4,6-9,21H,2,5,10-12H2,1H3/b9-8+. The first-order valence-corrected chi connectivity index (χ1v) is 8.46. The lowest BCUT2D eigenvalue weighted by molar-refractivity contribution is -0.133. The van der Waals surface area contributed by atoms with E-state index in [0.717, 1.165) is 28.1 Å². The summed E-state index contributed by atoms with van der Waals surface area (Å²) in [5.41, 5.74) is 0.232. The van der Waals surface area contributed by atoms with E-state index in [1.165, 1.54) is 0 Å². The molecule has 1 unspecified atom stereocenters. The number of para-hydroxylation sites is 1. The summed E-state index contributed by atoms with van der Waals surface area (Å²) in [5.74, 6) is -0.0502. The Morgan fingerprint density at radius 1 is 1.50 bits per heavy atom. The molecule has 1 saturated heterocycles. The molecule has 22 heavy (non-hydrogen) atoms. The van der Waals surface area contributed by atoms with Gasteiger partial charge in [-0.1, -0.05) is 19.1 Å². The first kappa shape index (κ1) is 15.2. The third kappa shape index (κ3) is 3.20. The number of aromatic nitrogens is 1. The van der Waals surface area contributed by atoms with Gasteiger partial charge < -0.3 is 10.0 Å². The van der Waals surface area contributed by atoms with E-state index in [-0.39, 0.29) is 5.91 Å². The van der Waals surface area contributed by atoms with Crippen molar-refractivity contribution in [3.8, 4) is 0 Å². The van der Waals surface area contributed by atoms with Crippen LogP contribution in [0.15, 0.2) is 30.3 Å². The van der Waals surface area contributed by atoms with Crippen molar-refractivity contribution in [3.05, 3.63) is 35.3 Å². The maximum atomic E-state index is 12.3. The number of rotatable bonds is 3. The van der Waals surface area contributed by atoms with Crippen molar-refractivity contribution in [2.24, 2.45) is 0 Å². The fraction of sp³-hybridized carbons (Fsp3) is 0.412. The summed E-state index contributed by atoms with van der Waals surface area (Å²) in [5, 5.41) is 11.2. The minimum Gasteiger partial charge on any atom is -0.388 e. The second kappa shape index (κ2) is 6.18. The summed E-state index contributed by atoms with van der Waals surface area (Å²) in [7, 11) is 0. The van der Waals surface area contributed by atoms with Gasteiger partial charge in [-0.3, -0.25) is 4.79 Å². The molecule has 1 aromatic carbocycles. The van der Waals surface area contributed by atoms with Crippen molar-refractivity contribution in [2.45, 2.75) is 31.8 Å². The fourth-order valence-electron chi connectivity index (χ4n) is 2.80. The molecule has 1 aliphatic heterocycles. The van der Waals surface area contributed by atoms with E-state index in [4.69, 9.17) is 0 Å². The van der Waals surface area contributed by atoms with Crippen LogP contribution in [-0.4, -0.2) is 39.6 Å². The number of hydrogen-bond donors (Lipinski definition) is 1. The van der Waals surface area contributed by atoms with Gasteiger partial charge >= 0.3 is 0 Å². The topological polar surface area (TPSA) is 53.4 Å². The largest absolute Gasteiger partial charge is 0.388 e. The molecule has 116 valence electrons. The maximum Gasteiger partial charge on any atom is 0.246 e. The molecule has 0 spiro atoms. The minimum atomic E-state index is -0.725. The molecule has 1 aliphatic rings. The number of carbonyl (C=O) groups excluding carboxylic acids is 1. The Bertz CT molecular complexity index is 677. The zero-order valence-electron chi connectivity index (χ0n) is 12.7. The molecule has 1 amide bonds. The lowest BCUT2D eigenvalue weighted by atomic mass is 9.90. The number of β-amino-alcohol motifs (C(OH)–C–C–N with tert-alkyl or cyclic N) is 1. The summed E-state index contributed by atoms with van der Waals surface area (Å²) >= 11 is 1.57. The highest BCUT2D eigenvalue weighted by molar-refractivity contribution is 7.19. The van der Waals surface area contributed by atoms with E-state index in [0.29, 0.717) is 19.5 Å². The Hall–Kier alpha value is -1.72. The second-order valence-corrected chi connectivity index (χ2v) is 6.86. The molecular weight excluding hydrogens is 296 g/mol. The molecule has 2 heterocycles. The summed E-state index contributed by atoms with van der Waals surface area (Å²) in [4.78, 5) is 18.5. The molecule has 2 aromatic rings. The van der Waals surface area contributed by atoms with Gasteiger partial charge in [0, 0.05) is 19.2 Å². The highest BCUT2D eigenvalue weighted by Crippen LogP contribution is 2.25. The zero-order valence-corrected chi connectivity index (χ0v) is 13.5. The average Bonchev–Trinajstić information content (AvgIpc) is 2.95. The van der Waals surface area contributed by atoms with Crippen molar-refractivity contribution in [1.82, 2.24) is 9.88 Å². The third-order valence-electron chi connectivity index (χ3n) is 4.20. The number of benzene rings is 1. The third-order valence-corrected chi connectivity index (χ3v) is 5.21. The molecule has 1 atom stereocenters. The SMILES string of the molecule is CCC1(O)CCCN(C(=O)/C=C/c2nc3ccccc3s2)C1. The van der Waals surface area contributed by atoms with E-state index in [1.54, 1.807) is 28.4 Å². The van der Waals surface area contributed by atoms with Crippen LogP contribution in [0.2, 0.25) is 0 Å². The molecule has 0 saturated carbocycles. The molecule has 4 nitrogen and oxygen atoms in total. The molecular formula is C17H20N2O2S. The van der Waals surface area contributed by atoms with Gasteiger partial charge in [0.15, 0.2) is 0 Å². The maximum absolute atomic E-state index is 12.3. The molecule has 0 aliphatic carbocycles. The number of likely N-dealkylation sites (tertiary alicyclic amines) is 1. The van der Waals surface area contributed by atoms with Crippen LogP contribution < -0.4 is 0 Å². The van der Waals surface area contributed by atoms with Crippen molar-refractivity contribution in [2.75, 3.05) is 13.1 Å². The van der Waals surface area contributed by atoms with Crippen molar-refractivity contribution in [3.63, 3.8) is 0 Å². The summed E-state index contributed by atoms with van der Waals surface area (Å²) < 4.78 is 1.12. The van der Waals surface area contributed by atoms with Gasteiger partial charge in [-0.25, -0.2) is 4.98 Å². The zero-order chi connectivity index (χ0) is 15.6. The van der Waals surface area contributed by atoms with Crippen LogP contribution in [0.3, 0.4) is 0 Å². The number of thiazole rings is 1. The normalized spacial score (nSPS) is 22.5. The highest BCUT2D eigenvalue weighted by Gasteiger charge is 2.32. The molecule has 1 N–H and O–H groups in total. The highest BCUT2D eigenvalue weighted by atomic mass is 32.1. The first-order chi connectivity index (χ1) is 10.6.